The summed E-state index contributed by atoms with van der Waals surface area (Å²) in [6, 6.07) is 0. The number of carboxylic acids is 2. The Balaban J connectivity index is -0.000000328. The van der Waals surface area contributed by atoms with Crippen molar-refractivity contribution in [2.75, 3.05) is 0 Å². The number of carboxylic acid groups (broad SMARTS) is 2. The first kappa shape index (κ1) is 50.3. The summed E-state index contributed by atoms with van der Waals surface area (Å²) in [5.74, 6) is -1.81. The van der Waals surface area contributed by atoms with Crippen LogP contribution in [0.1, 0.15) is 219 Å². The van der Waals surface area contributed by atoms with Crippen LogP contribution in [-0.2, 0) is 9.59 Å². The summed E-state index contributed by atoms with van der Waals surface area (Å²) in [5, 5.41) is 20.4. The third kappa shape index (κ3) is 54.0. The Bertz CT molecular complexity index is 459. The van der Waals surface area contributed by atoms with Crippen LogP contribution in [0.15, 0.2) is 0 Å². The van der Waals surface area contributed by atoms with Gasteiger partial charge in [0, 0.05) is 11.9 Å². The molecule has 0 bridgehead atoms. The molecule has 0 aliphatic carbocycles. The van der Waals surface area contributed by atoms with Gasteiger partial charge in [-0.1, -0.05) is 194 Å². The van der Waals surface area contributed by atoms with E-state index < -0.39 is 11.9 Å². The zero-order chi connectivity index (χ0) is 29.8. The molecule has 0 aromatic heterocycles. The van der Waals surface area contributed by atoms with Crippen molar-refractivity contribution in [3.63, 3.8) is 0 Å². The van der Waals surface area contributed by atoms with Crippen LogP contribution in [0.4, 0.5) is 0 Å². The summed E-state index contributed by atoms with van der Waals surface area (Å²) in [7, 11) is 0. The Morgan fingerprint density at radius 1 is 0.310 bits per heavy atom. The number of aliphatic carboxylic acids is 2. The normalized spacial score (nSPS) is 10.3. The largest absolute Gasteiger partial charge is 2.00 e. The average molecular weight is 647 g/mol. The van der Waals surface area contributed by atoms with E-state index in [-0.39, 0.29) is 88.3 Å². The first-order valence-corrected chi connectivity index (χ1v) is 17.9. The summed E-state index contributed by atoms with van der Waals surface area (Å²) in [6.07, 6.45) is 39.7. The fourth-order valence-corrected chi connectivity index (χ4v) is 5.28. The summed E-state index contributed by atoms with van der Waals surface area (Å²) in [4.78, 5) is 20.4. The van der Waals surface area contributed by atoms with Crippen molar-refractivity contribution in [2.45, 2.75) is 219 Å². The van der Waals surface area contributed by atoms with E-state index >= 15 is 0 Å². The number of rotatable bonds is 32. The monoisotopic (exact) mass is 646 g/mol. The molecule has 0 aromatic carbocycles. The molecule has 0 radical (unpaired) electrons. The van der Waals surface area contributed by atoms with Crippen LogP contribution in [0.5, 0.6) is 0 Å². The molecule has 0 N–H and O–H groups in total. The van der Waals surface area contributed by atoms with Gasteiger partial charge in [0.05, 0.1) is 0 Å². The molecule has 6 heteroatoms. The summed E-state index contributed by atoms with van der Waals surface area (Å²) >= 11 is 0. The molecular formula is C36H70Ca2O4+2. The smallest absolute Gasteiger partial charge is 0.550 e. The van der Waals surface area contributed by atoms with Gasteiger partial charge in [-0.2, -0.15) is 0 Å². The van der Waals surface area contributed by atoms with Crippen molar-refractivity contribution in [1.82, 2.24) is 0 Å². The minimum absolute atomic E-state index is 0. The van der Waals surface area contributed by atoms with Gasteiger partial charge in [0.15, 0.2) is 0 Å². The quantitative estimate of drug-likeness (QED) is 0.0539. The van der Waals surface area contributed by atoms with Crippen molar-refractivity contribution < 1.29 is 19.8 Å². The molecule has 0 amide bonds. The van der Waals surface area contributed by atoms with Crippen LogP contribution in [0.25, 0.3) is 0 Å². The molecule has 0 aliphatic heterocycles. The van der Waals surface area contributed by atoms with E-state index in [4.69, 9.17) is 0 Å². The Kier molecular flexibility index (Phi) is 56.2. The molecule has 0 fully saturated rings. The van der Waals surface area contributed by atoms with Gasteiger partial charge < -0.3 is 19.8 Å². The van der Waals surface area contributed by atoms with Gasteiger partial charge in [-0.15, -0.1) is 0 Å². The second-order valence-electron chi connectivity index (χ2n) is 12.1. The van der Waals surface area contributed by atoms with Gasteiger partial charge in [0.1, 0.15) is 0 Å². The summed E-state index contributed by atoms with van der Waals surface area (Å²) < 4.78 is 0. The second-order valence-corrected chi connectivity index (χ2v) is 12.1. The molecule has 4 nitrogen and oxygen atoms in total. The maximum atomic E-state index is 10.2. The Morgan fingerprint density at radius 3 is 0.595 bits per heavy atom. The molecule has 0 saturated heterocycles. The summed E-state index contributed by atoms with van der Waals surface area (Å²) in [5.41, 5.74) is 0. The minimum Gasteiger partial charge on any atom is -0.550 e. The molecular weight excluding hydrogens is 577 g/mol. The van der Waals surface area contributed by atoms with Gasteiger partial charge >= 0.3 is 75.5 Å². The first-order valence-electron chi connectivity index (χ1n) is 17.9. The maximum Gasteiger partial charge on any atom is 2.00 e. The van der Waals surface area contributed by atoms with E-state index in [1.54, 1.807) is 0 Å². The molecule has 0 aromatic rings. The van der Waals surface area contributed by atoms with Gasteiger partial charge in [-0.25, -0.2) is 0 Å². The maximum absolute atomic E-state index is 10.2. The average Bonchev–Trinajstić information content (AvgIpc) is 2.93. The van der Waals surface area contributed by atoms with E-state index in [2.05, 4.69) is 13.8 Å². The van der Waals surface area contributed by atoms with Crippen LogP contribution in [0.2, 0.25) is 0 Å². The van der Waals surface area contributed by atoms with Gasteiger partial charge in [0.2, 0.25) is 0 Å². The predicted molar refractivity (Wildman–Crippen MR) is 181 cm³/mol. The predicted octanol–water partition coefficient (Wildman–Crippen LogP) is 9.23. The van der Waals surface area contributed by atoms with E-state index in [0.717, 1.165) is 25.7 Å². The van der Waals surface area contributed by atoms with Crippen molar-refractivity contribution in [1.29, 1.82) is 0 Å². The number of carbonyl (C=O) groups is 2. The standard InChI is InChI=1S/2C18H36O2.2Ca/c2*1-2-3-4-5-6-7-8-9-10-11-12-13-14-15-16-17-18(19)20;;/h2*2-17H2,1H3,(H,19,20);;/q;;2*+2/p-2. The molecule has 0 spiro atoms. The number of hydrogen-bond acceptors (Lipinski definition) is 4. The number of hydrogen-bond donors (Lipinski definition) is 0. The fourth-order valence-electron chi connectivity index (χ4n) is 5.28. The Labute approximate surface area is 323 Å². The van der Waals surface area contributed by atoms with Crippen LogP contribution in [0.3, 0.4) is 0 Å². The molecule has 0 unspecified atom stereocenters. The third-order valence-corrected chi connectivity index (χ3v) is 7.97. The van der Waals surface area contributed by atoms with Crippen LogP contribution < -0.4 is 10.2 Å². The van der Waals surface area contributed by atoms with E-state index in [0.29, 0.717) is 0 Å². The molecule has 0 saturated carbocycles. The zero-order valence-corrected chi connectivity index (χ0v) is 33.1. The van der Waals surface area contributed by atoms with Crippen LogP contribution >= 0.6 is 0 Å². The Morgan fingerprint density at radius 2 is 0.452 bits per heavy atom. The topological polar surface area (TPSA) is 80.3 Å². The van der Waals surface area contributed by atoms with E-state index in [1.165, 1.54) is 167 Å². The van der Waals surface area contributed by atoms with Crippen molar-refractivity contribution in [3.05, 3.63) is 0 Å². The summed E-state index contributed by atoms with van der Waals surface area (Å²) in [6.45, 7) is 4.53. The zero-order valence-electron chi connectivity index (χ0n) is 28.7. The minimum atomic E-state index is -0.903. The SMILES string of the molecule is CCCCCCCCCCCCCCCCCC(=O)[O-].CCCCCCCCCCCCCCCCCC(=O)[O-].[Ca+2].[Ca+2]. The molecule has 42 heavy (non-hydrogen) atoms. The van der Waals surface area contributed by atoms with E-state index in [1.807, 2.05) is 0 Å². The molecule has 0 rings (SSSR count). The van der Waals surface area contributed by atoms with Crippen LogP contribution in [-0.4, -0.2) is 87.4 Å². The molecule has 0 aliphatic rings. The molecule has 0 atom stereocenters. The van der Waals surface area contributed by atoms with Gasteiger partial charge in [0.25, 0.3) is 0 Å². The second kappa shape index (κ2) is 46.9. The first-order chi connectivity index (χ1) is 19.5. The fraction of sp³-hybridized carbons (Fsp3) is 0.944. The molecule has 0 heterocycles. The van der Waals surface area contributed by atoms with Gasteiger partial charge in [-0.3, -0.25) is 0 Å². The third-order valence-electron chi connectivity index (χ3n) is 7.97. The number of unbranched alkanes of at least 4 members (excludes halogenated alkanes) is 28. The van der Waals surface area contributed by atoms with Crippen LogP contribution in [0, 0.1) is 0 Å². The van der Waals surface area contributed by atoms with Crippen molar-refractivity contribution in [3.8, 4) is 0 Å². The number of carbonyl (C=O) groups excluding carboxylic acids is 2. The van der Waals surface area contributed by atoms with Gasteiger partial charge in [-0.05, 0) is 25.7 Å². The van der Waals surface area contributed by atoms with Crippen molar-refractivity contribution >= 4 is 87.4 Å². The Hall–Kier alpha value is 1.46. The van der Waals surface area contributed by atoms with E-state index in [9.17, 15) is 19.8 Å². The molecule has 240 valence electrons. The van der Waals surface area contributed by atoms with Crippen molar-refractivity contribution in [2.24, 2.45) is 0 Å².